The molecule has 2 aromatic rings. The second-order valence-corrected chi connectivity index (χ2v) is 3.37. The molecule has 0 aromatic carbocycles. The quantitative estimate of drug-likeness (QED) is 0.831. The summed E-state index contributed by atoms with van der Waals surface area (Å²) in [4.78, 5) is 19.0. The van der Waals surface area contributed by atoms with Crippen LogP contribution in [0.1, 0.15) is 16.1 Å². The van der Waals surface area contributed by atoms with Crippen molar-refractivity contribution in [3.8, 4) is 11.3 Å². The van der Waals surface area contributed by atoms with Gasteiger partial charge in [-0.3, -0.25) is 9.97 Å². The molecule has 0 unspecified atom stereocenters. The van der Waals surface area contributed by atoms with Crippen molar-refractivity contribution >= 4 is 5.97 Å². The Morgan fingerprint density at radius 2 is 1.88 bits per heavy atom. The molecule has 4 heteroatoms. The fourth-order valence-electron chi connectivity index (χ4n) is 1.47. The van der Waals surface area contributed by atoms with Crippen LogP contribution in [0.25, 0.3) is 11.3 Å². The maximum Gasteiger partial charge on any atom is 0.337 e. The van der Waals surface area contributed by atoms with Gasteiger partial charge in [0.15, 0.2) is 0 Å². The van der Waals surface area contributed by atoms with E-state index in [0.29, 0.717) is 5.69 Å². The van der Waals surface area contributed by atoms with E-state index in [1.165, 1.54) is 0 Å². The third kappa shape index (κ3) is 1.91. The average molecular weight is 214 g/mol. The molecule has 4 nitrogen and oxygen atoms in total. The van der Waals surface area contributed by atoms with Crippen LogP contribution >= 0.6 is 0 Å². The molecule has 2 aromatic heterocycles. The highest BCUT2D eigenvalue weighted by Crippen LogP contribution is 2.17. The minimum Gasteiger partial charge on any atom is -0.478 e. The predicted octanol–water partition coefficient (Wildman–Crippen LogP) is 2.15. The molecule has 0 aliphatic carbocycles. The number of aryl methyl sites for hydroxylation is 1. The Bertz CT molecular complexity index is 524. The lowest BCUT2D eigenvalue weighted by atomic mass is 10.1. The highest BCUT2D eigenvalue weighted by Gasteiger charge is 2.09. The minimum absolute atomic E-state index is 0.234. The van der Waals surface area contributed by atoms with E-state index < -0.39 is 5.97 Å². The van der Waals surface area contributed by atoms with E-state index in [-0.39, 0.29) is 5.56 Å². The third-order valence-electron chi connectivity index (χ3n) is 2.29. The first kappa shape index (κ1) is 10.3. The second kappa shape index (κ2) is 4.10. The van der Waals surface area contributed by atoms with Gasteiger partial charge < -0.3 is 5.11 Å². The van der Waals surface area contributed by atoms with Gasteiger partial charge in [0.1, 0.15) is 0 Å². The van der Waals surface area contributed by atoms with Crippen LogP contribution in [0, 0.1) is 6.92 Å². The SMILES string of the molecule is Cc1nc(-c2ccncc2)ccc1C(=O)O. The first-order chi connectivity index (χ1) is 7.68. The summed E-state index contributed by atoms with van der Waals surface area (Å²) < 4.78 is 0. The molecule has 0 atom stereocenters. The third-order valence-corrected chi connectivity index (χ3v) is 2.29. The van der Waals surface area contributed by atoms with Crippen LogP contribution in [-0.4, -0.2) is 21.0 Å². The van der Waals surface area contributed by atoms with Crippen LogP contribution in [0.15, 0.2) is 36.7 Å². The monoisotopic (exact) mass is 214 g/mol. The number of pyridine rings is 2. The molecular weight excluding hydrogens is 204 g/mol. The minimum atomic E-state index is -0.953. The summed E-state index contributed by atoms with van der Waals surface area (Å²) in [6.45, 7) is 1.69. The first-order valence-electron chi connectivity index (χ1n) is 4.80. The molecule has 0 saturated heterocycles. The predicted molar refractivity (Wildman–Crippen MR) is 59.2 cm³/mol. The Morgan fingerprint density at radius 1 is 1.19 bits per heavy atom. The van der Waals surface area contributed by atoms with Gasteiger partial charge in [0.2, 0.25) is 0 Å². The van der Waals surface area contributed by atoms with Gasteiger partial charge in [-0.1, -0.05) is 0 Å². The molecule has 0 aliphatic rings. The number of carbonyl (C=O) groups is 1. The van der Waals surface area contributed by atoms with E-state index in [1.807, 2.05) is 12.1 Å². The highest BCUT2D eigenvalue weighted by molar-refractivity contribution is 5.89. The fourth-order valence-corrected chi connectivity index (χ4v) is 1.47. The summed E-state index contributed by atoms with van der Waals surface area (Å²) >= 11 is 0. The van der Waals surface area contributed by atoms with Crippen molar-refractivity contribution < 1.29 is 9.90 Å². The molecule has 80 valence electrons. The Kier molecular flexibility index (Phi) is 2.64. The van der Waals surface area contributed by atoms with Crippen LogP contribution in [0.5, 0.6) is 0 Å². The fraction of sp³-hybridized carbons (Fsp3) is 0.0833. The summed E-state index contributed by atoms with van der Waals surface area (Å²) in [5, 5.41) is 8.88. The molecule has 0 radical (unpaired) electrons. The van der Waals surface area contributed by atoms with Gasteiger partial charge in [0, 0.05) is 18.0 Å². The second-order valence-electron chi connectivity index (χ2n) is 3.37. The molecule has 0 fully saturated rings. The lowest BCUT2D eigenvalue weighted by Gasteiger charge is -2.04. The maximum atomic E-state index is 10.8. The number of aromatic carboxylic acids is 1. The summed E-state index contributed by atoms with van der Waals surface area (Å²) in [6, 6.07) is 6.94. The average Bonchev–Trinajstić information content (AvgIpc) is 2.29. The Hall–Kier alpha value is -2.23. The topological polar surface area (TPSA) is 63.1 Å². The zero-order valence-corrected chi connectivity index (χ0v) is 8.71. The van der Waals surface area contributed by atoms with Crippen LogP contribution in [0.4, 0.5) is 0 Å². The number of nitrogens with zero attached hydrogens (tertiary/aromatic N) is 2. The Balaban J connectivity index is 2.46. The standard InChI is InChI=1S/C12H10N2O2/c1-8-10(12(15)16)2-3-11(14-8)9-4-6-13-7-5-9/h2-7H,1H3,(H,15,16). The summed E-state index contributed by atoms with van der Waals surface area (Å²) in [7, 11) is 0. The van der Waals surface area contributed by atoms with Crippen LogP contribution < -0.4 is 0 Å². The van der Waals surface area contributed by atoms with Gasteiger partial charge in [0.05, 0.1) is 17.0 Å². The van der Waals surface area contributed by atoms with E-state index in [2.05, 4.69) is 9.97 Å². The highest BCUT2D eigenvalue weighted by atomic mass is 16.4. The van der Waals surface area contributed by atoms with E-state index in [0.717, 1.165) is 11.3 Å². The zero-order chi connectivity index (χ0) is 11.5. The largest absolute Gasteiger partial charge is 0.478 e. The van der Waals surface area contributed by atoms with Gasteiger partial charge in [-0.05, 0) is 31.2 Å². The molecular formula is C12H10N2O2. The van der Waals surface area contributed by atoms with Crippen molar-refractivity contribution in [3.05, 3.63) is 47.9 Å². The molecule has 0 bridgehead atoms. The maximum absolute atomic E-state index is 10.8. The van der Waals surface area contributed by atoms with Gasteiger partial charge in [-0.25, -0.2) is 4.79 Å². The van der Waals surface area contributed by atoms with Crippen LogP contribution in [0.2, 0.25) is 0 Å². The molecule has 2 heterocycles. The van der Waals surface area contributed by atoms with Crippen LogP contribution in [0.3, 0.4) is 0 Å². The molecule has 0 spiro atoms. The smallest absolute Gasteiger partial charge is 0.337 e. The van der Waals surface area contributed by atoms with Crippen molar-refractivity contribution in [1.82, 2.24) is 9.97 Å². The van der Waals surface area contributed by atoms with E-state index >= 15 is 0 Å². The van der Waals surface area contributed by atoms with Crippen molar-refractivity contribution in [2.45, 2.75) is 6.92 Å². The number of rotatable bonds is 2. The van der Waals surface area contributed by atoms with Gasteiger partial charge >= 0.3 is 5.97 Å². The van der Waals surface area contributed by atoms with Crippen molar-refractivity contribution in [1.29, 1.82) is 0 Å². The van der Waals surface area contributed by atoms with Crippen LogP contribution in [-0.2, 0) is 0 Å². The van der Waals surface area contributed by atoms with Crippen molar-refractivity contribution in [2.75, 3.05) is 0 Å². The molecule has 0 saturated carbocycles. The van der Waals surface area contributed by atoms with E-state index in [9.17, 15) is 4.79 Å². The van der Waals surface area contributed by atoms with E-state index in [1.54, 1.807) is 31.5 Å². The molecule has 0 aliphatic heterocycles. The summed E-state index contributed by atoms with van der Waals surface area (Å²) in [6.07, 6.45) is 3.36. The van der Waals surface area contributed by atoms with Crippen molar-refractivity contribution in [2.24, 2.45) is 0 Å². The molecule has 0 amide bonds. The summed E-state index contributed by atoms with van der Waals surface area (Å²) in [5.41, 5.74) is 2.43. The Morgan fingerprint density at radius 3 is 2.44 bits per heavy atom. The number of aromatic nitrogens is 2. The number of hydrogen-bond donors (Lipinski definition) is 1. The first-order valence-corrected chi connectivity index (χ1v) is 4.80. The molecule has 2 rings (SSSR count). The zero-order valence-electron chi connectivity index (χ0n) is 8.71. The summed E-state index contributed by atoms with van der Waals surface area (Å²) in [5.74, 6) is -0.953. The Labute approximate surface area is 92.6 Å². The van der Waals surface area contributed by atoms with Gasteiger partial charge in [-0.2, -0.15) is 0 Å². The van der Waals surface area contributed by atoms with Crippen molar-refractivity contribution in [3.63, 3.8) is 0 Å². The number of carboxylic acid groups (broad SMARTS) is 1. The normalized spacial score (nSPS) is 10.1. The van der Waals surface area contributed by atoms with E-state index in [4.69, 9.17) is 5.11 Å². The lowest BCUT2D eigenvalue weighted by Crippen LogP contribution is -2.02. The lowest BCUT2D eigenvalue weighted by molar-refractivity contribution is 0.0695. The number of hydrogen-bond acceptors (Lipinski definition) is 3. The number of carboxylic acids is 1. The molecule has 1 N–H and O–H groups in total. The van der Waals surface area contributed by atoms with Gasteiger partial charge in [-0.15, -0.1) is 0 Å². The molecule has 16 heavy (non-hydrogen) atoms. The van der Waals surface area contributed by atoms with Gasteiger partial charge in [0.25, 0.3) is 0 Å².